The number of amides is 1. The number of carbonyl (C=O) groups excluding carboxylic acids is 1. The van der Waals surface area contributed by atoms with Crippen LogP contribution < -0.4 is 10.5 Å². The molecule has 0 fully saturated rings. The van der Waals surface area contributed by atoms with E-state index < -0.39 is 5.91 Å². The molecular formula is C8H7BrFNO2. The van der Waals surface area contributed by atoms with E-state index in [1.54, 1.807) is 0 Å². The van der Waals surface area contributed by atoms with Crippen molar-refractivity contribution in [3.05, 3.63) is 28.5 Å². The maximum Gasteiger partial charge on any atom is 0.255 e. The lowest BCUT2D eigenvalue weighted by Crippen LogP contribution is -2.20. The summed E-state index contributed by atoms with van der Waals surface area (Å²) in [5.41, 5.74) is 4.86. The lowest BCUT2D eigenvalue weighted by molar-refractivity contribution is -0.119. The molecule has 13 heavy (non-hydrogen) atoms. The van der Waals surface area contributed by atoms with Crippen LogP contribution in [0.3, 0.4) is 0 Å². The smallest absolute Gasteiger partial charge is 0.255 e. The van der Waals surface area contributed by atoms with E-state index in [9.17, 15) is 9.18 Å². The van der Waals surface area contributed by atoms with E-state index >= 15 is 0 Å². The molecule has 0 aliphatic heterocycles. The fourth-order valence-corrected chi connectivity index (χ4v) is 1.08. The standard InChI is InChI=1S/C8H7BrFNO2/c9-6-3-5(1-2-7(6)10)13-4-8(11)12/h1-3H,4H2,(H2,11,12). The molecule has 0 heterocycles. The molecular weight excluding hydrogens is 241 g/mol. The number of primary amides is 1. The Kier molecular flexibility index (Phi) is 3.25. The highest BCUT2D eigenvalue weighted by Gasteiger charge is 2.02. The second-order valence-electron chi connectivity index (χ2n) is 2.33. The normalized spacial score (nSPS) is 9.69. The summed E-state index contributed by atoms with van der Waals surface area (Å²) < 4.78 is 17.9. The van der Waals surface area contributed by atoms with Crippen molar-refractivity contribution in [3.63, 3.8) is 0 Å². The number of rotatable bonds is 3. The topological polar surface area (TPSA) is 52.3 Å². The molecule has 0 unspecified atom stereocenters. The number of benzene rings is 1. The highest BCUT2D eigenvalue weighted by Crippen LogP contribution is 2.21. The van der Waals surface area contributed by atoms with E-state index in [1.165, 1.54) is 18.2 Å². The molecule has 1 rings (SSSR count). The average molecular weight is 248 g/mol. The largest absolute Gasteiger partial charge is 0.484 e. The minimum atomic E-state index is -0.569. The monoisotopic (exact) mass is 247 g/mol. The first kappa shape index (κ1) is 9.98. The summed E-state index contributed by atoms with van der Waals surface area (Å²) >= 11 is 2.98. The van der Waals surface area contributed by atoms with Crippen LogP contribution in [0.2, 0.25) is 0 Å². The van der Waals surface area contributed by atoms with Gasteiger partial charge in [-0.3, -0.25) is 4.79 Å². The van der Waals surface area contributed by atoms with Crippen LogP contribution in [0.1, 0.15) is 0 Å². The number of nitrogens with two attached hydrogens (primary N) is 1. The quantitative estimate of drug-likeness (QED) is 0.880. The Hall–Kier alpha value is -1.10. The van der Waals surface area contributed by atoms with Crippen LogP contribution in [-0.2, 0) is 4.79 Å². The van der Waals surface area contributed by atoms with Crippen LogP contribution in [0, 0.1) is 5.82 Å². The molecule has 1 aromatic rings. The van der Waals surface area contributed by atoms with E-state index in [0.717, 1.165) is 0 Å². The van der Waals surface area contributed by atoms with E-state index in [1.807, 2.05) is 0 Å². The summed E-state index contributed by atoms with van der Waals surface area (Å²) in [7, 11) is 0. The molecule has 0 aromatic heterocycles. The Labute approximate surface area is 82.8 Å². The number of ether oxygens (including phenoxy) is 1. The van der Waals surface area contributed by atoms with Gasteiger partial charge in [-0.15, -0.1) is 0 Å². The van der Waals surface area contributed by atoms with Gasteiger partial charge in [0.2, 0.25) is 0 Å². The van der Waals surface area contributed by atoms with Crippen molar-refractivity contribution in [1.82, 2.24) is 0 Å². The van der Waals surface area contributed by atoms with Crippen molar-refractivity contribution in [3.8, 4) is 5.75 Å². The molecule has 2 N–H and O–H groups in total. The van der Waals surface area contributed by atoms with Crippen LogP contribution in [0.25, 0.3) is 0 Å². The Morgan fingerprint density at radius 2 is 2.31 bits per heavy atom. The van der Waals surface area contributed by atoms with Crippen LogP contribution >= 0.6 is 15.9 Å². The van der Waals surface area contributed by atoms with Gasteiger partial charge in [-0.25, -0.2) is 4.39 Å². The van der Waals surface area contributed by atoms with Gasteiger partial charge in [0, 0.05) is 0 Å². The molecule has 1 aromatic carbocycles. The Balaban J connectivity index is 2.68. The van der Waals surface area contributed by atoms with Crippen molar-refractivity contribution in [2.75, 3.05) is 6.61 Å². The van der Waals surface area contributed by atoms with Gasteiger partial charge < -0.3 is 10.5 Å². The van der Waals surface area contributed by atoms with Gasteiger partial charge in [0.25, 0.3) is 5.91 Å². The van der Waals surface area contributed by atoms with Crippen LogP contribution in [0.4, 0.5) is 4.39 Å². The first-order chi connectivity index (χ1) is 6.09. The third-order valence-corrected chi connectivity index (χ3v) is 1.88. The molecule has 0 aliphatic rings. The second-order valence-corrected chi connectivity index (χ2v) is 3.19. The lowest BCUT2D eigenvalue weighted by atomic mass is 10.3. The number of hydrogen-bond acceptors (Lipinski definition) is 2. The third-order valence-electron chi connectivity index (χ3n) is 1.27. The Morgan fingerprint density at radius 1 is 1.62 bits per heavy atom. The molecule has 3 nitrogen and oxygen atoms in total. The van der Waals surface area contributed by atoms with Crippen molar-refractivity contribution in [2.24, 2.45) is 5.73 Å². The Morgan fingerprint density at radius 3 is 2.85 bits per heavy atom. The van der Waals surface area contributed by atoms with Gasteiger partial charge in [0.05, 0.1) is 4.47 Å². The molecule has 0 aliphatic carbocycles. The van der Waals surface area contributed by atoms with Crippen molar-refractivity contribution >= 4 is 21.8 Å². The number of halogens is 2. The minimum Gasteiger partial charge on any atom is -0.484 e. The van der Waals surface area contributed by atoms with Gasteiger partial charge >= 0.3 is 0 Å². The first-order valence-corrected chi connectivity index (χ1v) is 4.25. The fraction of sp³-hybridized carbons (Fsp3) is 0.125. The fourth-order valence-electron chi connectivity index (χ4n) is 0.721. The summed E-state index contributed by atoms with van der Waals surface area (Å²) in [5, 5.41) is 0. The molecule has 0 spiro atoms. The van der Waals surface area contributed by atoms with E-state index in [2.05, 4.69) is 15.9 Å². The molecule has 5 heteroatoms. The highest BCUT2D eigenvalue weighted by molar-refractivity contribution is 9.10. The van der Waals surface area contributed by atoms with Crippen molar-refractivity contribution in [2.45, 2.75) is 0 Å². The Bertz CT molecular complexity index is 330. The van der Waals surface area contributed by atoms with E-state index in [-0.39, 0.29) is 16.9 Å². The van der Waals surface area contributed by atoms with Crippen LogP contribution in [0.5, 0.6) is 5.75 Å². The average Bonchev–Trinajstić information content (AvgIpc) is 2.07. The summed E-state index contributed by atoms with van der Waals surface area (Å²) in [6.45, 7) is -0.210. The summed E-state index contributed by atoms with van der Waals surface area (Å²) in [5.74, 6) is -0.557. The highest BCUT2D eigenvalue weighted by atomic mass is 79.9. The third kappa shape index (κ3) is 3.02. The zero-order chi connectivity index (χ0) is 9.84. The van der Waals surface area contributed by atoms with Crippen LogP contribution in [-0.4, -0.2) is 12.5 Å². The number of carbonyl (C=O) groups is 1. The zero-order valence-electron chi connectivity index (χ0n) is 6.59. The molecule has 0 atom stereocenters. The van der Waals surface area contributed by atoms with Crippen molar-refractivity contribution < 1.29 is 13.9 Å². The summed E-state index contributed by atoms with van der Waals surface area (Å²) in [6, 6.07) is 4.09. The molecule has 0 radical (unpaired) electrons. The van der Waals surface area contributed by atoms with E-state index in [0.29, 0.717) is 5.75 Å². The van der Waals surface area contributed by atoms with E-state index in [4.69, 9.17) is 10.5 Å². The van der Waals surface area contributed by atoms with Crippen molar-refractivity contribution in [1.29, 1.82) is 0 Å². The minimum absolute atomic E-state index is 0.210. The SMILES string of the molecule is NC(=O)COc1ccc(F)c(Br)c1. The first-order valence-electron chi connectivity index (χ1n) is 3.46. The maximum absolute atomic E-state index is 12.7. The van der Waals surface area contributed by atoms with Gasteiger partial charge in [-0.05, 0) is 34.1 Å². The zero-order valence-corrected chi connectivity index (χ0v) is 8.17. The maximum atomic E-state index is 12.7. The molecule has 0 bridgehead atoms. The van der Waals surface area contributed by atoms with Crippen LogP contribution in [0.15, 0.2) is 22.7 Å². The molecule has 0 saturated carbocycles. The second kappa shape index (κ2) is 4.23. The lowest BCUT2D eigenvalue weighted by Gasteiger charge is -2.03. The molecule has 1 amide bonds. The summed E-state index contributed by atoms with van der Waals surface area (Å²) in [6.07, 6.45) is 0. The molecule has 0 saturated heterocycles. The predicted molar refractivity (Wildman–Crippen MR) is 48.8 cm³/mol. The number of hydrogen-bond donors (Lipinski definition) is 1. The van der Waals surface area contributed by atoms with Gasteiger partial charge in [-0.2, -0.15) is 0 Å². The molecule has 70 valence electrons. The summed E-state index contributed by atoms with van der Waals surface area (Å²) in [4.78, 5) is 10.3. The van der Waals surface area contributed by atoms with Gasteiger partial charge in [-0.1, -0.05) is 0 Å². The van der Waals surface area contributed by atoms with Gasteiger partial charge in [0.15, 0.2) is 6.61 Å². The predicted octanol–water partition coefficient (Wildman–Crippen LogP) is 1.45. The van der Waals surface area contributed by atoms with Gasteiger partial charge in [0.1, 0.15) is 11.6 Å².